The quantitative estimate of drug-likeness (QED) is 0.860. The second-order valence-corrected chi connectivity index (χ2v) is 7.81. The van der Waals surface area contributed by atoms with Gasteiger partial charge >= 0.3 is 6.03 Å². The highest BCUT2D eigenvalue weighted by molar-refractivity contribution is 5.87. The first-order chi connectivity index (χ1) is 13.0. The van der Waals surface area contributed by atoms with Gasteiger partial charge in [-0.1, -0.05) is 19.3 Å². The zero-order valence-corrected chi connectivity index (χ0v) is 16.3. The van der Waals surface area contributed by atoms with Gasteiger partial charge in [0.2, 0.25) is 0 Å². The molecule has 2 atom stereocenters. The standard InChI is InChI=1S/C19H28N6O2/c1-4-27-15-11-14(19(15)8-6-5-7-9-19)21-18(26)23-16-22-17-20-12(2)10-13(3)25(17)24-16/h10,14-15H,4-9,11H2,1-3H3,(H2,21,23,24,26). The van der Waals surface area contributed by atoms with E-state index in [-0.39, 0.29) is 29.5 Å². The van der Waals surface area contributed by atoms with E-state index in [1.807, 2.05) is 26.8 Å². The summed E-state index contributed by atoms with van der Waals surface area (Å²) in [6.07, 6.45) is 7.07. The number of amides is 2. The van der Waals surface area contributed by atoms with Crippen molar-refractivity contribution in [2.24, 2.45) is 5.41 Å². The Morgan fingerprint density at radius 3 is 2.81 bits per heavy atom. The largest absolute Gasteiger partial charge is 0.378 e. The third-order valence-electron chi connectivity index (χ3n) is 6.09. The number of carbonyl (C=O) groups is 1. The molecule has 1 spiro atoms. The van der Waals surface area contributed by atoms with E-state index in [0.717, 1.165) is 37.3 Å². The third kappa shape index (κ3) is 3.26. The molecule has 0 bridgehead atoms. The van der Waals surface area contributed by atoms with E-state index in [1.54, 1.807) is 4.52 Å². The van der Waals surface area contributed by atoms with Gasteiger partial charge in [-0.05, 0) is 46.1 Å². The predicted molar refractivity (Wildman–Crippen MR) is 102 cm³/mol. The summed E-state index contributed by atoms with van der Waals surface area (Å²) < 4.78 is 7.60. The third-order valence-corrected chi connectivity index (χ3v) is 6.09. The average molecular weight is 372 g/mol. The van der Waals surface area contributed by atoms with Gasteiger partial charge < -0.3 is 10.1 Å². The smallest absolute Gasteiger partial charge is 0.321 e. The Bertz CT molecular complexity index is 842. The summed E-state index contributed by atoms with van der Waals surface area (Å²) in [6, 6.07) is 1.82. The van der Waals surface area contributed by atoms with Gasteiger partial charge in [0.25, 0.3) is 11.7 Å². The van der Waals surface area contributed by atoms with Crippen LogP contribution < -0.4 is 10.6 Å². The number of hydrogen-bond acceptors (Lipinski definition) is 5. The van der Waals surface area contributed by atoms with Crippen LogP contribution in [-0.2, 0) is 4.74 Å². The summed E-state index contributed by atoms with van der Waals surface area (Å²) in [5.74, 6) is 0.763. The average Bonchev–Trinajstić information content (AvgIpc) is 3.04. The van der Waals surface area contributed by atoms with Crippen molar-refractivity contribution in [1.29, 1.82) is 0 Å². The van der Waals surface area contributed by atoms with Crippen LogP contribution in [0.25, 0.3) is 5.78 Å². The number of fused-ring (bicyclic) bond motifs is 1. The zero-order valence-electron chi connectivity index (χ0n) is 16.3. The maximum Gasteiger partial charge on any atom is 0.321 e. The van der Waals surface area contributed by atoms with Crippen LogP contribution in [0.15, 0.2) is 6.07 Å². The first kappa shape index (κ1) is 18.2. The van der Waals surface area contributed by atoms with Gasteiger partial charge in [0.1, 0.15) is 0 Å². The molecule has 2 saturated carbocycles. The van der Waals surface area contributed by atoms with Crippen LogP contribution in [-0.4, -0.2) is 44.4 Å². The molecule has 2 fully saturated rings. The maximum absolute atomic E-state index is 12.6. The van der Waals surface area contributed by atoms with Crippen molar-refractivity contribution in [2.75, 3.05) is 11.9 Å². The lowest BCUT2D eigenvalue weighted by molar-refractivity contribution is -0.146. The van der Waals surface area contributed by atoms with Crippen molar-refractivity contribution in [2.45, 2.75) is 71.4 Å². The van der Waals surface area contributed by atoms with Gasteiger partial charge in [0, 0.05) is 29.5 Å². The lowest BCUT2D eigenvalue weighted by Gasteiger charge is -2.57. The fraction of sp³-hybridized carbons (Fsp3) is 0.684. The van der Waals surface area contributed by atoms with Gasteiger partial charge in [-0.15, -0.1) is 5.10 Å². The highest BCUT2D eigenvalue weighted by atomic mass is 16.5. The Morgan fingerprint density at radius 1 is 1.30 bits per heavy atom. The highest BCUT2D eigenvalue weighted by Gasteiger charge is 2.56. The molecule has 0 saturated heterocycles. The van der Waals surface area contributed by atoms with E-state index in [0.29, 0.717) is 5.78 Å². The van der Waals surface area contributed by atoms with Gasteiger partial charge in [-0.2, -0.15) is 9.50 Å². The number of rotatable bonds is 4. The Labute approximate surface area is 159 Å². The van der Waals surface area contributed by atoms with Gasteiger partial charge in [-0.3, -0.25) is 5.32 Å². The molecule has 0 aromatic carbocycles. The second-order valence-electron chi connectivity index (χ2n) is 7.81. The molecule has 2 aromatic rings. The number of anilines is 1. The molecule has 2 unspecified atom stereocenters. The van der Waals surface area contributed by atoms with Crippen LogP contribution in [0.2, 0.25) is 0 Å². The molecule has 2 amide bonds. The zero-order chi connectivity index (χ0) is 19.0. The minimum Gasteiger partial charge on any atom is -0.378 e. The van der Waals surface area contributed by atoms with E-state index in [1.165, 1.54) is 19.3 Å². The molecule has 2 heterocycles. The van der Waals surface area contributed by atoms with E-state index in [4.69, 9.17) is 4.74 Å². The summed E-state index contributed by atoms with van der Waals surface area (Å²) in [6.45, 7) is 6.62. The van der Waals surface area contributed by atoms with Crippen molar-refractivity contribution >= 4 is 17.8 Å². The van der Waals surface area contributed by atoms with Crippen molar-refractivity contribution in [3.63, 3.8) is 0 Å². The normalized spacial score (nSPS) is 24.0. The summed E-state index contributed by atoms with van der Waals surface area (Å²) in [7, 11) is 0. The Hall–Kier alpha value is -2.22. The molecule has 146 valence electrons. The van der Waals surface area contributed by atoms with E-state index >= 15 is 0 Å². The predicted octanol–water partition coefficient (Wildman–Crippen LogP) is 2.99. The van der Waals surface area contributed by atoms with Crippen LogP contribution in [0.5, 0.6) is 0 Å². The van der Waals surface area contributed by atoms with Crippen LogP contribution in [0.4, 0.5) is 10.7 Å². The van der Waals surface area contributed by atoms with E-state index < -0.39 is 0 Å². The molecule has 2 N–H and O–H groups in total. The molecule has 4 rings (SSSR count). The molecule has 0 aliphatic heterocycles. The van der Waals surface area contributed by atoms with Crippen LogP contribution in [0.1, 0.15) is 56.8 Å². The molecule has 0 radical (unpaired) electrons. The molecule has 27 heavy (non-hydrogen) atoms. The number of nitrogens with one attached hydrogen (secondary N) is 2. The fourth-order valence-corrected chi connectivity index (χ4v) is 4.78. The number of urea groups is 1. The van der Waals surface area contributed by atoms with Gasteiger partial charge in [-0.25, -0.2) is 9.78 Å². The molecule has 2 aliphatic carbocycles. The van der Waals surface area contributed by atoms with Crippen LogP contribution in [0, 0.1) is 19.3 Å². The summed E-state index contributed by atoms with van der Waals surface area (Å²) in [5, 5.41) is 10.3. The lowest BCUT2D eigenvalue weighted by Crippen LogP contribution is -2.65. The number of carbonyl (C=O) groups excluding carboxylic acids is 1. The monoisotopic (exact) mass is 372 g/mol. The maximum atomic E-state index is 12.6. The summed E-state index contributed by atoms with van der Waals surface area (Å²) in [5.41, 5.74) is 1.89. The Balaban J connectivity index is 1.44. The van der Waals surface area contributed by atoms with E-state index in [9.17, 15) is 4.79 Å². The Morgan fingerprint density at radius 2 is 2.07 bits per heavy atom. The van der Waals surface area contributed by atoms with Crippen molar-refractivity contribution < 1.29 is 9.53 Å². The lowest BCUT2D eigenvalue weighted by atomic mass is 9.55. The van der Waals surface area contributed by atoms with Crippen molar-refractivity contribution in [1.82, 2.24) is 24.9 Å². The first-order valence-electron chi connectivity index (χ1n) is 9.92. The molecular weight excluding hydrogens is 344 g/mol. The molecule has 2 aliphatic rings. The van der Waals surface area contributed by atoms with Crippen molar-refractivity contribution in [3.05, 3.63) is 17.5 Å². The molecular formula is C19H28N6O2. The topological polar surface area (TPSA) is 93.4 Å². The minimum absolute atomic E-state index is 0.0905. The van der Waals surface area contributed by atoms with Crippen LogP contribution >= 0.6 is 0 Å². The molecule has 8 heteroatoms. The second kappa shape index (κ2) is 7.07. The van der Waals surface area contributed by atoms with Gasteiger partial charge in [0.15, 0.2) is 0 Å². The molecule has 2 aromatic heterocycles. The first-order valence-corrected chi connectivity index (χ1v) is 9.92. The number of ether oxygens (including phenoxy) is 1. The summed E-state index contributed by atoms with van der Waals surface area (Å²) >= 11 is 0. The SMILES string of the molecule is CCOC1CC(NC(=O)Nc2nc3nc(C)cc(C)n3n2)C12CCCCC2. The minimum atomic E-state index is -0.259. The molecule has 8 nitrogen and oxygen atoms in total. The number of hydrogen-bond donors (Lipinski definition) is 2. The van der Waals surface area contributed by atoms with Crippen molar-refractivity contribution in [3.8, 4) is 0 Å². The summed E-state index contributed by atoms with van der Waals surface area (Å²) in [4.78, 5) is 21.2. The highest BCUT2D eigenvalue weighted by Crippen LogP contribution is 2.53. The Kier molecular flexibility index (Phi) is 4.75. The van der Waals surface area contributed by atoms with E-state index in [2.05, 4.69) is 25.7 Å². The number of aromatic nitrogens is 4. The number of aryl methyl sites for hydroxylation is 2. The fourth-order valence-electron chi connectivity index (χ4n) is 4.78. The number of nitrogens with zero attached hydrogens (tertiary/aromatic N) is 4. The van der Waals surface area contributed by atoms with Gasteiger partial charge in [0.05, 0.1) is 6.10 Å². The van der Waals surface area contributed by atoms with Crippen LogP contribution in [0.3, 0.4) is 0 Å².